The Labute approximate surface area is 138 Å². The number of carboxylic acids is 1. The monoisotopic (exact) mass is 320 g/mol. The first-order valence-corrected chi connectivity index (χ1v) is 8.77. The fourth-order valence-electron chi connectivity index (χ4n) is 3.88. The lowest BCUT2D eigenvalue weighted by Gasteiger charge is -2.22. The van der Waals surface area contributed by atoms with Crippen molar-refractivity contribution in [1.29, 1.82) is 0 Å². The Kier molecular flexibility index (Phi) is 5.66. The molecule has 2 rings (SSSR count). The Hall–Kier alpha value is -1.58. The number of aliphatic carboxylic acids is 1. The predicted octanol–water partition coefficient (Wildman–Crippen LogP) is 4.26. The van der Waals surface area contributed by atoms with Gasteiger partial charge in [0.2, 0.25) is 0 Å². The summed E-state index contributed by atoms with van der Waals surface area (Å²) >= 11 is 0. The molecule has 0 amide bonds. The summed E-state index contributed by atoms with van der Waals surface area (Å²) in [5.41, 5.74) is 2.93. The first-order valence-electron chi connectivity index (χ1n) is 8.77. The van der Waals surface area contributed by atoms with Crippen LogP contribution in [0.2, 0.25) is 0 Å². The second kappa shape index (κ2) is 7.33. The zero-order valence-corrected chi connectivity index (χ0v) is 14.6. The van der Waals surface area contributed by atoms with Crippen LogP contribution < -0.4 is 0 Å². The van der Waals surface area contributed by atoms with Gasteiger partial charge in [-0.05, 0) is 39.5 Å². The molecule has 23 heavy (non-hydrogen) atoms. The molecule has 0 heterocycles. The number of unbranched alkanes of at least 4 members (excludes halogenated alkanes) is 2. The molecule has 0 aromatic rings. The van der Waals surface area contributed by atoms with Crippen LogP contribution in [0.4, 0.5) is 0 Å². The van der Waals surface area contributed by atoms with Gasteiger partial charge in [0.15, 0.2) is 0 Å². The molecule has 128 valence electrons. The maximum absolute atomic E-state index is 12.6. The molecule has 0 aliphatic heterocycles. The van der Waals surface area contributed by atoms with Crippen molar-refractivity contribution in [3.63, 3.8) is 0 Å². The van der Waals surface area contributed by atoms with E-state index in [0.29, 0.717) is 5.57 Å². The van der Waals surface area contributed by atoms with Crippen LogP contribution in [0.3, 0.4) is 0 Å². The Morgan fingerprint density at radius 1 is 1.13 bits per heavy atom. The van der Waals surface area contributed by atoms with Crippen LogP contribution in [0, 0.1) is 11.8 Å². The Balaban J connectivity index is 2.14. The number of carbonyl (C=O) groups is 2. The van der Waals surface area contributed by atoms with E-state index in [1.54, 1.807) is 0 Å². The molecule has 0 fully saturated rings. The fourth-order valence-corrected chi connectivity index (χ4v) is 3.88. The lowest BCUT2D eigenvalue weighted by molar-refractivity contribution is -0.146. The fraction of sp³-hybridized carbons (Fsp3) is 0.684. The van der Waals surface area contributed by atoms with Crippen molar-refractivity contribution in [3.05, 3.63) is 22.3 Å². The molecule has 4 heteroatoms. The zero-order valence-electron chi connectivity index (χ0n) is 14.6. The van der Waals surface area contributed by atoms with Crippen LogP contribution in [0.1, 0.15) is 66.2 Å². The van der Waals surface area contributed by atoms with Gasteiger partial charge >= 0.3 is 11.9 Å². The van der Waals surface area contributed by atoms with Crippen molar-refractivity contribution in [3.8, 4) is 0 Å². The standard InChI is InChI=1S/C19H28O4/c1-5-7-8-9-13(6-2)23-19(22)17-15-10-14(11(3)12(15)4)16(17)18(20)21/h13-15H,5-10H2,1-4H3,(H,20,21). The number of fused-ring (bicyclic) bond motifs is 2. The van der Waals surface area contributed by atoms with Gasteiger partial charge in [0.05, 0.1) is 11.1 Å². The highest BCUT2D eigenvalue weighted by Gasteiger charge is 2.47. The molecule has 0 aromatic heterocycles. The van der Waals surface area contributed by atoms with Crippen LogP contribution in [-0.2, 0) is 14.3 Å². The Bertz CT molecular complexity index is 556. The minimum atomic E-state index is -0.977. The quantitative estimate of drug-likeness (QED) is 0.412. The molecule has 3 atom stereocenters. The molecular formula is C19H28O4. The molecule has 0 spiro atoms. The van der Waals surface area contributed by atoms with E-state index in [0.717, 1.165) is 49.7 Å². The first kappa shape index (κ1) is 17.8. The van der Waals surface area contributed by atoms with Crippen molar-refractivity contribution in [2.45, 2.75) is 72.3 Å². The van der Waals surface area contributed by atoms with Gasteiger partial charge in [-0.15, -0.1) is 0 Å². The van der Waals surface area contributed by atoms with E-state index >= 15 is 0 Å². The lowest BCUT2D eigenvalue weighted by atomic mass is 9.87. The second-order valence-corrected chi connectivity index (χ2v) is 6.77. The molecule has 2 aliphatic rings. The maximum atomic E-state index is 12.6. The lowest BCUT2D eigenvalue weighted by Crippen LogP contribution is -2.24. The van der Waals surface area contributed by atoms with Crippen LogP contribution >= 0.6 is 0 Å². The number of hydrogen-bond acceptors (Lipinski definition) is 3. The van der Waals surface area contributed by atoms with Gasteiger partial charge in [-0.25, -0.2) is 9.59 Å². The largest absolute Gasteiger partial charge is 0.478 e. The van der Waals surface area contributed by atoms with Gasteiger partial charge in [-0.1, -0.05) is 37.8 Å². The molecule has 1 N–H and O–H groups in total. The number of carbonyl (C=O) groups excluding carboxylic acids is 1. The molecule has 0 radical (unpaired) electrons. The Morgan fingerprint density at radius 3 is 2.26 bits per heavy atom. The summed E-state index contributed by atoms with van der Waals surface area (Å²) in [4.78, 5) is 24.3. The van der Waals surface area contributed by atoms with Gasteiger partial charge in [0.1, 0.15) is 6.10 Å². The summed E-state index contributed by atoms with van der Waals surface area (Å²) in [5.74, 6) is -1.56. The molecule has 3 unspecified atom stereocenters. The van der Waals surface area contributed by atoms with E-state index < -0.39 is 11.9 Å². The predicted molar refractivity (Wildman–Crippen MR) is 88.9 cm³/mol. The summed E-state index contributed by atoms with van der Waals surface area (Å²) in [5, 5.41) is 9.54. The third-order valence-corrected chi connectivity index (χ3v) is 5.43. The van der Waals surface area contributed by atoms with Crippen molar-refractivity contribution in [2.75, 3.05) is 0 Å². The average Bonchev–Trinajstić information content (AvgIpc) is 3.04. The average molecular weight is 320 g/mol. The van der Waals surface area contributed by atoms with E-state index in [-0.39, 0.29) is 23.5 Å². The Morgan fingerprint density at radius 2 is 1.74 bits per heavy atom. The van der Waals surface area contributed by atoms with Crippen molar-refractivity contribution in [1.82, 2.24) is 0 Å². The molecular weight excluding hydrogens is 292 g/mol. The number of hydrogen-bond donors (Lipinski definition) is 1. The van der Waals surface area contributed by atoms with E-state index in [1.807, 2.05) is 20.8 Å². The number of esters is 1. The van der Waals surface area contributed by atoms with Crippen LogP contribution in [0.15, 0.2) is 22.3 Å². The number of ether oxygens (including phenoxy) is 1. The summed E-state index contributed by atoms with van der Waals surface area (Å²) < 4.78 is 5.66. The zero-order chi connectivity index (χ0) is 17.1. The van der Waals surface area contributed by atoms with E-state index in [4.69, 9.17) is 4.74 Å². The third kappa shape index (κ3) is 3.36. The highest BCUT2D eigenvalue weighted by molar-refractivity contribution is 6.03. The topological polar surface area (TPSA) is 63.6 Å². The highest BCUT2D eigenvalue weighted by atomic mass is 16.5. The molecule has 0 saturated heterocycles. The first-order chi connectivity index (χ1) is 10.9. The van der Waals surface area contributed by atoms with Gasteiger partial charge in [0, 0.05) is 11.8 Å². The van der Waals surface area contributed by atoms with Gasteiger partial charge < -0.3 is 9.84 Å². The molecule has 0 saturated carbocycles. The van der Waals surface area contributed by atoms with E-state index in [2.05, 4.69) is 6.92 Å². The van der Waals surface area contributed by atoms with Crippen LogP contribution in [0.25, 0.3) is 0 Å². The van der Waals surface area contributed by atoms with Crippen LogP contribution in [0.5, 0.6) is 0 Å². The summed E-state index contributed by atoms with van der Waals surface area (Å²) in [6.45, 7) is 8.13. The number of carboxylic acid groups (broad SMARTS) is 1. The summed E-state index contributed by atoms with van der Waals surface area (Å²) in [6, 6.07) is 0. The van der Waals surface area contributed by atoms with Crippen molar-refractivity contribution < 1.29 is 19.4 Å². The summed E-state index contributed by atoms with van der Waals surface area (Å²) in [7, 11) is 0. The van der Waals surface area contributed by atoms with Gasteiger partial charge in [0.25, 0.3) is 0 Å². The third-order valence-electron chi connectivity index (χ3n) is 5.43. The van der Waals surface area contributed by atoms with Crippen molar-refractivity contribution in [2.24, 2.45) is 11.8 Å². The smallest absolute Gasteiger partial charge is 0.335 e. The van der Waals surface area contributed by atoms with E-state index in [9.17, 15) is 14.7 Å². The minimum absolute atomic E-state index is 0.0632. The number of rotatable bonds is 8. The van der Waals surface area contributed by atoms with Gasteiger partial charge in [-0.3, -0.25) is 0 Å². The molecule has 2 bridgehead atoms. The van der Waals surface area contributed by atoms with Crippen LogP contribution in [-0.4, -0.2) is 23.1 Å². The molecule has 4 nitrogen and oxygen atoms in total. The normalized spacial score (nSPS) is 24.3. The molecule has 0 aromatic carbocycles. The maximum Gasteiger partial charge on any atom is 0.335 e. The second-order valence-electron chi connectivity index (χ2n) is 6.77. The SMILES string of the molecule is CCCCCC(CC)OC(=O)C1=C(C(=O)O)C2CC1C(C)=C2C. The summed E-state index contributed by atoms with van der Waals surface area (Å²) in [6.07, 6.45) is 5.53. The highest BCUT2D eigenvalue weighted by Crippen LogP contribution is 2.52. The molecule has 2 aliphatic carbocycles. The van der Waals surface area contributed by atoms with E-state index in [1.165, 1.54) is 0 Å². The van der Waals surface area contributed by atoms with Crippen molar-refractivity contribution >= 4 is 11.9 Å². The minimum Gasteiger partial charge on any atom is -0.478 e. The number of allylic oxidation sites excluding steroid dienone is 2. The van der Waals surface area contributed by atoms with Gasteiger partial charge in [-0.2, -0.15) is 0 Å².